The fraction of sp³-hybridized carbons (Fsp3) is 0.294. The van der Waals surface area contributed by atoms with Gasteiger partial charge in [-0.05, 0) is 21.5 Å². The van der Waals surface area contributed by atoms with Gasteiger partial charge in [-0.1, -0.05) is 30.3 Å². The number of hydrogen-bond donors (Lipinski definition) is 1. The van der Waals surface area contributed by atoms with E-state index >= 15 is 0 Å². The summed E-state index contributed by atoms with van der Waals surface area (Å²) in [5, 5.41) is 3.95. The fourth-order valence-corrected chi connectivity index (χ4v) is 2.97. The second-order valence-corrected chi connectivity index (χ2v) is 6.21. The van der Waals surface area contributed by atoms with Gasteiger partial charge in [0.15, 0.2) is 5.76 Å². The summed E-state index contributed by atoms with van der Waals surface area (Å²) < 4.78 is 12.0. The first-order valence-electron chi connectivity index (χ1n) is 7.70. The molecule has 1 aliphatic heterocycles. The van der Waals surface area contributed by atoms with E-state index in [-0.39, 0.29) is 5.91 Å². The summed E-state index contributed by atoms with van der Waals surface area (Å²) in [6, 6.07) is 11.4. The standard InChI is InChI=1S/C17H18BrN3O3/c18-15-11-14(24-17(15)21-6-8-23-9-7-21)12-19-20-16(22)10-13-4-2-1-3-5-13/h1-5,11-12H,6-10H2,(H,20,22)/b19-12-. The molecule has 2 aromatic rings. The number of furan rings is 1. The van der Waals surface area contributed by atoms with Crippen molar-refractivity contribution in [3.63, 3.8) is 0 Å². The zero-order chi connectivity index (χ0) is 16.8. The molecular formula is C17H18BrN3O3. The predicted molar refractivity (Wildman–Crippen MR) is 95.3 cm³/mol. The van der Waals surface area contributed by atoms with E-state index in [1.165, 1.54) is 6.21 Å². The molecule has 0 bridgehead atoms. The molecule has 0 saturated carbocycles. The maximum absolute atomic E-state index is 11.8. The highest BCUT2D eigenvalue weighted by atomic mass is 79.9. The number of carbonyl (C=O) groups excluding carboxylic acids is 1. The molecule has 3 rings (SSSR count). The van der Waals surface area contributed by atoms with Crippen LogP contribution >= 0.6 is 15.9 Å². The molecule has 0 radical (unpaired) electrons. The number of nitrogens with one attached hydrogen (secondary N) is 1. The summed E-state index contributed by atoms with van der Waals surface area (Å²) >= 11 is 3.49. The van der Waals surface area contributed by atoms with Gasteiger partial charge >= 0.3 is 0 Å². The lowest BCUT2D eigenvalue weighted by atomic mass is 10.1. The lowest BCUT2D eigenvalue weighted by molar-refractivity contribution is -0.120. The molecule has 1 aromatic heterocycles. The van der Waals surface area contributed by atoms with Crippen LogP contribution in [0.1, 0.15) is 11.3 Å². The molecule has 1 aliphatic rings. The number of halogens is 1. The van der Waals surface area contributed by atoms with Crippen LogP contribution in [0.5, 0.6) is 0 Å². The molecule has 1 amide bonds. The highest BCUT2D eigenvalue weighted by molar-refractivity contribution is 9.10. The Hall–Kier alpha value is -2.12. The van der Waals surface area contributed by atoms with E-state index in [1.807, 2.05) is 36.4 Å². The van der Waals surface area contributed by atoms with Crippen molar-refractivity contribution in [2.45, 2.75) is 6.42 Å². The average Bonchev–Trinajstić information content (AvgIpc) is 2.97. The van der Waals surface area contributed by atoms with Gasteiger partial charge in [0.1, 0.15) is 0 Å². The third-order valence-corrected chi connectivity index (χ3v) is 4.14. The third kappa shape index (κ3) is 4.46. The minimum atomic E-state index is -0.170. The summed E-state index contributed by atoms with van der Waals surface area (Å²) in [6.45, 7) is 2.95. The van der Waals surface area contributed by atoms with Crippen LogP contribution in [0.2, 0.25) is 0 Å². The number of carbonyl (C=O) groups is 1. The van der Waals surface area contributed by atoms with Crippen LogP contribution in [-0.2, 0) is 16.0 Å². The molecule has 0 spiro atoms. The average molecular weight is 392 g/mol. The first-order valence-corrected chi connectivity index (χ1v) is 8.49. The predicted octanol–water partition coefficient (Wildman–Crippen LogP) is 2.57. The largest absolute Gasteiger partial charge is 0.438 e. The Balaban J connectivity index is 1.55. The Bertz CT molecular complexity index is 709. The number of rotatable bonds is 5. The van der Waals surface area contributed by atoms with Crippen LogP contribution in [0.25, 0.3) is 0 Å². The summed E-state index contributed by atoms with van der Waals surface area (Å²) in [6.07, 6.45) is 1.79. The van der Waals surface area contributed by atoms with Gasteiger partial charge in [-0.15, -0.1) is 0 Å². The second-order valence-electron chi connectivity index (χ2n) is 5.36. The van der Waals surface area contributed by atoms with E-state index in [4.69, 9.17) is 9.15 Å². The Kier molecular flexibility index (Phi) is 5.66. The van der Waals surface area contributed by atoms with E-state index in [0.717, 1.165) is 29.0 Å². The number of nitrogens with zero attached hydrogens (tertiary/aromatic N) is 2. The van der Waals surface area contributed by atoms with Crippen molar-refractivity contribution in [3.8, 4) is 0 Å². The van der Waals surface area contributed by atoms with Crippen LogP contribution in [0.4, 0.5) is 5.88 Å². The lowest BCUT2D eigenvalue weighted by Gasteiger charge is -2.26. The lowest BCUT2D eigenvalue weighted by Crippen LogP contribution is -2.36. The van der Waals surface area contributed by atoms with Gasteiger partial charge in [-0.3, -0.25) is 4.79 Å². The van der Waals surface area contributed by atoms with Crippen LogP contribution in [0.15, 0.2) is 50.4 Å². The van der Waals surface area contributed by atoms with Crippen molar-refractivity contribution in [1.29, 1.82) is 0 Å². The second kappa shape index (κ2) is 8.12. The molecule has 1 N–H and O–H groups in total. The molecule has 1 fully saturated rings. The highest BCUT2D eigenvalue weighted by Crippen LogP contribution is 2.30. The number of anilines is 1. The van der Waals surface area contributed by atoms with E-state index in [2.05, 4.69) is 31.4 Å². The SMILES string of the molecule is O=C(Cc1ccccc1)N/N=C\c1cc(Br)c(N2CCOCC2)o1. The molecule has 0 aliphatic carbocycles. The molecular weight excluding hydrogens is 374 g/mol. The number of ether oxygens (including phenoxy) is 1. The Labute approximate surface area is 148 Å². The van der Waals surface area contributed by atoms with E-state index in [9.17, 15) is 4.79 Å². The monoisotopic (exact) mass is 391 g/mol. The normalized spacial score (nSPS) is 15.0. The molecule has 2 heterocycles. The van der Waals surface area contributed by atoms with E-state index < -0.39 is 0 Å². The Morgan fingerprint density at radius 1 is 1.29 bits per heavy atom. The minimum Gasteiger partial charge on any atom is -0.438 e. The molecule has 24 heavy (non-hydrogen) atoms. The van der Waals surface area contributed by atoms with Gasteiger partial charge < -0.3 is 14.1 Å². The summed E-state index contributed by atoms with van der Waals surface area (Å²) in [5.74, 6) is 1.16. The zero-order valence-electron chi connectivity index (χ0n) is 13.1. The van der Waals surface area contributed by atoms with Crippen molar-refractivity contribution in [2.75, 3.05) is 31.2 Å². The maximum atomic E-state index is 11.8. The molecule has 0 atom stereocenters. The minimum absolute atomic E-state index is 0.170. The van der Waals surface area contributed by atoms with Crippen molar-refractivity contribution in [3.05, 3.63) is 52.2 Å². The molecule has 6 nitrogen and oxygen atoms in total. The van der Waals surface area contributed by atoms with Gasteiger partial charge in [-0.2, -0.15) is 5.10 Å². The molecule has 7 heteroatoms. The number of benzene rings is 1. The zero-order valence-corrected chi connectivity index (χ0v) is 14.7. The smallest absolute Gasteiger partial charge is 0.244 e. The summed E-state index contributed by atoms with van der Waals surface area (Å²) in [4.78, 5) is 13.9. The van der Waals surface area contributed by atoms with Crippen molar-refractivity contribution in [2.24, 2.45) is 5.10 Å². The van der Waals surface area contributed by atoms with Crippen LogP contribution in [0, 0.1) is 0 Å². The van der Waals surface area contributed by atoms with Gasteiger partial charge in [0.25, 0.3) is 0 Å². The van der Waals surface area contributed by atoms with E-state index in [0.29, 0.717) is 25.4 Å². The number of morpholine rings is 1. The van der Waals surface area contributed by atoms with E-state index in [1.54, 1.807) is 0 Å². The van der Waals surface area contributed by atoms with Gasteiger partial charge in [0.2, 0.25) is 11.8 Å². The number of amides is 1. The van der Waals surface area contributed by atoms with Crippen molar-refractivity contribution >= 4 is 33.9 Å². The summed E-state index contributed by atoms with van der Waals surface area (Å²) in [7, 11) is 0. The molecule has 0 unspecified atom stereocenters. The Morgan fingerprint density at radius 2 is 2.04 bits per heavy atom. The van der Waals surface area contributed by atoms with Crippen LogP contribution in [0.3, 0.4) is 0 Å². The fourth-order valence-electron chi connectivity index (χ4n) is 2.41. The first-order chi connectivity index (χ1) is 11.7. The van der Waals surface area contributed by atoms with Gasteiger partial charge in [-0.25, -0.2) is 5.43 Å². The highest BCUT2D eigenvalue weighted by Gasteiger charge is 2.18. The summed E-state index contributed by atoms with van der Waals surface area (Å²) in [5.41, 5.74) is 3.45. The third-order valence-electron chi connectivity index (χ3n) is 3.57. The van der Waals surface area contributed by atoms with Gasteiger partial charge in [0, 0.05) is 19.2 Å². The topological polar surface area (TPSA) is 67.1 Å². The van der Waals surface area contributed by atoms with Crippen molar-refractivity contribution < 1.29 is 13.9 Å². The number of hydrogen-bond acceptors (Lipinski definition) is 5. The van der Waals surface area contributed by atoms with Crippen molar-refractivity contribution in [1.82, 2.24) is 5.43 Å². The molecule has 126 valence electrons. The molecule has 1 aromatic carbocycles. The molecule has 1 saturated heterocycles. The quantitative estimate of drug-likeness (QED) is 0.628. The maximum Gasteiger partial charge on any atom is 0.244 e. The van der Waals surface area contributed by atoms with Crippen LogP contribution in [-0.4, -0.2) is 38.4 Å². The van der Waals surface area contributed by atoms with Crippen LogP contribution < -0.4 is 10.3 Å². The first kappa shape index (κ1) is 16.7. The number of hydrazone groups is 1. The van der Waals surface area contributed by atoms with Gasteiger partial charge in [0.05, 0.1) is 30.3 Å². The Morgan fingerprint density at radius 3 is 2.79 bits per heavy atom.